The standard InChI is InChI=1S/C29H36N6O2S/c1-20-28(21(2)35(33-20)24-10-12-30-13-11-24)27-18-31-26-5-3-4-25(29(26)32-27)23-8-6-22(7-9-23)19-34-14-16-38(36,37)17-15-34/h3-9,18,24,30,36-37H,10-17,19H2,1-2H3. The number of aromatic nitrogens is 4. The Balaban J connectivity index is 1.29. The average Bonchev–Trinajstić information content (AvgIpc) is 3.23. The van der Waals surface area contributed by atoms with Gasteiger partial charge in [0.05, 0.1) is 46.2 Å². The number of hydrogen-bond donors (Lipinski definition) is 3. The van der Waals surface area contributed by atoms with Gasteiger partial charge in [-0.1, -0.05) is 36.4 Å². The molecule has 3 N–H and O–H groups in total. The number of piperidine rings is 1. The van der Waals surface area contributed by atoms with Gasteiger partial charge >= 0.3 is 0 Å². The molecule has 0 atom stereocenters. The highest BCUT2D eigenvalue weighted by atomic mass is 32.3. The third-order valence-corrected chi connectivity index (χ3v) is 9.62. The Bertz CT molecular complexity index is 1440. The number of fused-ring (bicyclic) bond motifs is 1. The number of aryl methyl sites for hydroxylation is 1. The molecular weight excluding hydrogens is 496 g/mol. The Morgan fingerprint density at radius 3 is 2.47 bits per heavy atom. The topological polar surface area (TPSA) is 99.3 Å². The molecule has 0 bridgehead atoms. The maximum Gasteiger partial charge on any atom is 0.0972 e. The zero-order chi connectivity index (χ0) is 26.3. The smallest absolute Gasteiger partial charge is 0.0972 e. The molecule has 2 fully saturated rings. The number of hydrogen-bond acceptors (Lipinski definition) is 7. The lowest BCUT2D eigenvalue weighted by Gasteiger charge is -2.41. The van der Waals surface area contributed by atoms with E-state index in [1.54, 1.807) is 0 Å². The van der Waals surface area contributed by atoms with E-state index in [0.29, 0.717) is 17.5 Å². The summed E-state index contributed by atoms with van der Waals surface area (Å²) in [5.74, 6) is 0.940. The van der Waals surface area contributed by atoms with Crippen molar-refractivity contribution in [3.63, 3.8) is 0 Å². The van der Waals surface area contributed by atoms with Crippen LogP contribution in [0.25, 0.3) is 33.4 Å². The molecule has 200 valence electrons. The Morgan fingerprint density at radius 2 is 1.74 bits per heavy atom. The molecule has 6 rings (SSSR count). The van der Waals surface area contributed by atoms with Crippen LogP contribution in [0.15, 0.2) is 48.7 Å². The van der Waals surface area contributed by atoms with E-state index in [1.807, 2.05) is 18.3 Å². The van der Waals surface area contributed by atoms with Gasteiger partial charge in [-0.15, -0.1) is 0 Å². The summed E-state index contributed by atoms with van der Waals surface area (Å²) in [5, 5.41) is 8.37. The molecule has 4 heterocycles. The molecule has 0 saturated carbocycles. The number of para-hydroxylation sites is 1. The molecule has 4 aromatic rings. The van der Waals surface area contributed by atoms with Crippen molar-refractivity contribution in [3.05, 3.63) is 65.6 Å². The first-order chi connectivity index (χ1) is 18.4. The molecule has 8 nitrogen and oxygen atoms in total. The highest BCUT2D eigenvalue weighted by Gasteiger charge is 2.24. The lowest BCUT2D eigenvalue weighted by atomic mass is 10.0. The van der Waals surface area contributed by atoms with Crippen LogP contribution in [0.4, 0.5) is 0 Å². The van der Waals surface area contributed by atoms with Gasteiger partial charge in [0, 0.05) is 36.5 Å². The summed E-state index contributed by atoms with van der Waals surface area (Å²) in [6.07, 6.45) is 4.06. The van der Waals surface area contributed by atoms with Gasteiger partial charge in [-0.05, 0) is 57.0 Å². The van der Waals surface area contributed by atoms with Crippen LogP contribution in [-0.2, 0) is 6.54 Å². The first-order valence-electron chi connectivity index (χ1n) is 13.5. The molecular formula is C29H36N6O2S. The van der Waals surface area contributed by atoms with Crippen LogP contribution >= 0.6 is 10.6 Å². The summed E-state index contributed by atoms with van der Waals surface area (Å²) in [6, 6.07) is 15.2. The van der Waals surface area contributed by atoms with E-state index in [4.69, 9.17) is 15.1 Å². The minimum Gasteiger partial charge on any atom is -0.317 e. The molecule has 9 heteroatoms. The molecule has 0 spiro atoms. The highest BCUT2D eigenvalue weighted by Crippen LogP contribution is 2.40. The van der Waals surface area contributed by atoms with Crippen molar-refractivity contribution in [1.82, 2.24) is 30.0 Å². The van der Waals surface area contributed by atoms with E-state index in [2.05, 4.69) is 59.1 Å². The van der Waals surface area contributed by atoms with Gasteiger partial charge in [0.15, 0.2) is 0 Å². The molecule has 0 amide bonds. The second kappa shape index (κ2) is 10.4. The van der Waals surface area contributed by atoms with Crippen LogP contribution in [0.2, 0.25) is 0 Å². The largest absolute Gasteiger partial charge is 0.317 e. The van der Waals surface area contributed by atoms with E-state index in [9.17, 15) is 9.11 Å². The second-order valence-electron chi connectivity index (χ2n) is 10.6. The number of nitrogens with zero attached hydrogens (tertiary/aromatic N) is 5. The molecule has 0 radical (unpaired) electrons. The molecule has 0 unspecified atom stereocenters. The lowest BCUT2D eigenvalue weighted by Crippen LogP contribution is -2.37. The second-order valence-corrected chi connectivity index (χ2v) is 13.0. The molecule has 2 aliphatic rings. The zero-order valence-corrected chi connectivity index (χ0v) is 22.9. The van der Waals surface area contributed by atoms with Gasteiger partial charge in [0.1, 0.15) is 0 Å². The summed E-state index contributed by atoms with van der Waals surface area (Å²) in [7, 11) is -2.37. The summed E-state index contributed by atoms with van der Waals surface area (Å²) in [5.41, 5.74) is 9.27. The molecule has 0 aliphatic carbocycles. The van der Waals surface area contributed by atoms with Crippen LogP contribution in [0, 0.1) is 13.8 Å². The number of nitrogens with one attached hydrogen (secondary N) is 1. The van der Waals surface area contributed by atoms with Crippen molar-refractivity contribution in [2.24, 2.45) is 0 Å². The maximum atomic E-state index is 9.88. The van der Waals surface area contributed by atoms with Crippen LogP contribution in [0.1, 0.15) is 35.8 Å². The van der Waals surface area contributed by atoms with Crippen molar-refractivity contribution in [2.75, 3.05) is 37.7 Å². The molecule has 2 aliphatic heterocycles. The number of benzene rings is 2. The predicted octanol–water partition coefficient (Wildman–Crippen LogP) is 5.27. The van der Waals surface area contributed by atoms with Crippen molar-refractivity contribution in [1.29, 1.82) is 0 Å². The average molecular weight is 533 g/mol. The van der Waals surface area contributed by atoms with Crippen molar-refractivity contribution in [2.45, 2.75) is 39.3 Å². The van der Waals surface area contributed by atoms with Gasteiger partial charge < -0.3 is 5.32 Å². The third kappa shape index (κ3) is 5.09. The molecule has 2 aromatic carbocycles. The van der Waals surface area contributed by atoms with E-state index >= 15 is 0 Å². The third-order valence-electron chi connectivity index (χ3n) is 7.95. The SMILES string of the molecule is Cc1nn(C2CCNCC2)c(C)c1-c1cnc2cccc(-c3ccc(CN4CCS(O)(O)CC4)cc3)c2n1. The fourth-order valence-electron chi connectivity index (χ4n) is 5.80. The van der Waals surface area contributed by atoms with Crippen LogP contribution in [0.3, 0.4) is 0 Å². The molecule has 2 aromatic heterocycles. The Kier molecular flexibility index (Phi) is 6.96. The van der Waals surface area contributed by atoms with Crippen molar-refractivity contribution in [3.8, 4) is 22.4 Å². The molecule has 38 heavy (non-hydrogen) atoms. The summed E-state index contributed by atoms with van der Waals surface area (Å²) in [4.78, 5) is 12.2. The summed E-state index contributed by atoms with van der Waals surface area (Å²) in [6.45, 7) is 8.54. The van der Waals surface area contributed by atoms with Gasteiger partial charge in [-0.3, -0.25) is 23.7 Å². The summed E-state index contributed by atoms with van der Waals surface area (Å²) >= 11 is 0. The van der Waals surface area contributed by atoms with Crippen LogP contribution in [-0.4, -0.2) is 71.4 Å². The van der Waals surface area contributed by atoms with Gasteiger partial charge in [-0.25, -0.2) is 4.98 Å². The fraction of sp³-hybridized carbons (Fsp3) is 0.414. The maximum absolute atomic E-state index is 9.88. The predicted molar refractivity (Wildman–Crippen MR) is 155 cm³/mol. The van der Waals surface area contributed by atoms with E-state index < -0.39 is 10.6 Å². The Labute approximate surface area is 225 Å². The van der Waals surface area contributed by atoms with E-state index in [0.717, 1.165) is 90.4 Å². The minimum atomic E-state index is -2.37. The van der Waals surface area contributed by atoms with Crippen molar-refractivity contribution >= 4 is 21.6 Å². The van der Waals surface area contributed by atoms with Crippen LogP contribution < -0.4 is 5.32 Å². The van der Waals surface area contributed by atoms with Gasteiger partial charge in [0.25, 0.3) is 0 Å². The first-order valence-corrected chi connectivity index (χ1v) is 15.3. The van der Waals surface area contributed by atoms with Gasteiger partial charge in [-0.2, -0.15) is 15.7 Å². The Hall–Kier alpha value is -2.82. The zero-order valence-electron chi connectivity index (χ0n) is 22.1. The lowest BCUT2D eigenvalue weighted by molar-refractivity contribution is 0.278. The fourth-order valence-corrected chi connectivity index (χ4v) is 7.10. The monoisotopic (exact) mass is 532 g/mol. The normalized spacial score (nSPS) is 19.6. The quantitative estimate of drug-likeness (QED) is 0.322. The van der Waals surface area contributed by atoms with E-state index in [-0.39, 0.29) is 0 Å². The highest BCUT2D eigenvalue weighted by molar-refractivity contribution is 8.24. The van der Waals surface area contributed by atoms with Crippen LogP contribution in [0.5, 0.6) is 0 Å². The Morgan fingerprint density at radius 1 is 1.00 bits per heavy atom. The minimum absolute atomic E-state index is 0.423. The van der Waals surface area contributed by atoms with E-state index in [1.165, 1.54) is 5.56 Å². The van der Waals surface area contributed by atoms with Gasteiger partial charge in [0.2, 0.25) is 0 Å². The van der Waals surface area contributed by atoms with Crippen molar-refractivity contribution < 1.29 is 9.11 Å². The first kappa shape index (κ1) is 25.5. The molecule has 2 saturated heterocycles. The summed E-state index contributed by atoms with van der Waals surface area (Å²) < 4.78 is 22.0. The number of rotatable bonds is 5.